The topological polar surface area (TPSA) is 41.6 Å². The maximum absolute atomic E-state index is 12.2. The maximum Gasteiger partial charge on any atom is 0.251 e. The van der Waals surface area contributed by atoms with Gasteiger partial charge in [0.1, 0.15) is 5.75 Å². The quantitative estimate of drug-likeness (QED) is 0.759. The molecule has 0 fully saturated rings. The van der Waals surface area contributed by atoms with Crippen molar-refractivity contribution in [2.45, 2.75) is 26.8 Å². The Hall–Kier alpha value is -2.33. The van der Waals surface area contributed by atoms with Crippen LogP contribution in [0.3, 0.4) is 0 Å². The maximum atomic E-state index is 12.2. The van der Waals surface area contributed by atoms with Gasteiger partial charge in [0.15, 0.2) is 0 Å². The highest BCUT2D eigenvalue weighted by molar-refractivity contribution is 5.94. The first-order valence-corrected chi connectivity index (χ1v) is 8.88. The number of amides is 1. The fraction of sp³-hybridized carbons (Fsp3) is 0.381. The molecule has 0 spiro atoms. The molecule has 0 aliphatic heterocycles. The Morgan fingerprint density at radius 1 is 0.960 bits per heavy atom. The summed E-state index contributed by atoms with van der Waals surface area (Å²) in [4.78, 5) is 14.6. The normalized spacial score (nSPS) is 10.7. The molecule has 2 aromatic rings. The lowest BCUT2D eigenvalue weighted by Crippen LogP contribution is -2.26. The molecule has 0 saturated heterocycles. The van der Waals surface area contributed by atoms with Crippen molar-refractivity contribution in [3.05, 3.63) is 65.2 Å². The van der Waals surface area contributed by atoms with Crippen LogP contribution in [0, 0.1) is 0 Å². The third-order valence-electron chi connectivity index (χ3n) is 4.38. The van der Waals surface area contributed by atoms with Crippen LogP contribution in [-0.2, 0) is 13.0 Å². The Morgan fingerprint density at radius 2 is 1.56 bits per heavy atom. The molecule has 0 aliphatic carbocycles. The number of rotatable bonds is 9. The van der Waals surface area contributed by atoms with Gasteiger partial charge in [-0.1, -0.05) is 38.1 Å². The SMILES string of the molecule is CCN(CC)Cc1ccc(C(=O)NCCc2ccc(OC)cc2)cc1. The van der Waals surface area contributed by atoms with Gasteiger partial charge in [-0.2, -0.15) is 0 Å². The van der Waals surface area contributed by atoms with E-state index in [0.29, 0.717) is 12.1 Å². The smallest absolute Gasteiger partial charge is 0.251 e. The van der Waals surface area contributed by atoms with E-state index in [0.717, 1.165) is 31.8 Å². The van der Waals surface area contributed by atoms with Gasteiger partial charge in [0, 0.05) is 18.7 Å². The van der Waals surface area contributed by atoms with Gasteiger partial charge < -0.3 is 10.1 Å². The Bertz CT molecular complexity index is 647. The third-order valence-corrected chi connectivity index (χ3v) is 4.38. The second kappa shape index (κ2) is 9.84. The summed E-state index contributed by atoms with van der Waals surface area (Å²) in [6.45, 7) is 7.93. The highest BCUT2D eigenvalue weighted by atomic mass is 16.5. The number of benzene rings is 2. The number of carbonyl (C=O) groups excluding carboxylic acids is 1. The van der Waals surface area contributed by atoms with E-state index in [1.54, 1.807) is 7.11 Å². The number of ether oxygens (including phenoxy) is 1. The van der Waals surface area contributed by atoms with E-state index in [4.69, 9.17) is 4.74 Å². The second-order valence-electron chi connectivity index (χ2n) is 6.01. The zero-order valence-corrected chi connectivity index (χ0v) is 15.4. The number of hydrogen-bond donors (Lipinski definition) is 1. The van der Waals surface area contributed by atoms with Crippen LogP contribution < -0.4 is 10.1 Å². The summed E-state index contributed by atoms with van der Waals surface area (Å²) in [5, 5.41) is 2.98. The monoisotopic (exact) mass is 340 g/mol. The van der Waals surface area contributed by atoms with Crippen LogP contribution >= 0.6 is 0 Å². The van der Waals surface area contributed by atoms with Crippen molar-refractivity contribution in [1.82, 2.24) is 10.2 Å². The Kier molecular flexibility index (Phi) is 7.48. The van der Waals surface area contributed by atoms with E-state index >= 15 is 0 Å². The van der Waals surface area contributed by atoms with Gasteiger partial charge in [-0.3, -0.25) is 9.69 Å². The first kappa shape index (κ1) is 19.0. The minimum atomic E-state index is -0.0251. The molecule has 1 amide bonds. The summed E-state index contributed by atoms with van der Waals surface area (Å²) in [5.41, 5.74) is 3.12. The lowest BCUT2D eigenvalue weighted by atomic mass is 10.1. The van der Waals surface area contributed by atoms with E-state index in [1.807, 2.05) is 48.5 Å². The minimum absolute atomic E-state index is 0.0251. The van der Waals surface area contributed by atoms with Crippen LogP contribution in [0.25, 0.3) is 0 Å². The molecule has 0 aromatic heterocycles. The molecule has 0 bridgehead atoms. The Balaban J connectivity index is 1.81. The average molecular weight is 340 g/mol. The zero-order valence-electron chi connectivity index (χ0n) is 15.4. The Labute approximate surface area is 150 Å². The van der Waals surface area contributed by atoms with E-state index in [-0.39, 0.29) is 5.91 Å². The van der Waals surface area contributed by atoms with Crippen LogP contribution in [-0.4, -0.2) is 37.6 Å². The fourth-order valence-electron chi connectivity index (χ4n) is 2.68. The summed E-state index contributed by atoms with van der Waals surface area (Å²) < 4.78 is 5.14. The van der Waals surface area contributed by atoms with Crippen molar-refractivity contribution in [2.24, 2.45) is 0 Å². The predicted octanol–water partition coefficient (Wildman–Crippen LogP) is 3.51. The van der Waals surface area contributed by atoms with Crippen molar-refractivity contribution in [3.8, 4) is 5.75 Å². The van der Waals surface area contributed by atoms with Crippen LogP contribution in [0.15, 0.2) is 48.5 Å². The summed E-state index contributed by atoms with van der Waals surface area (Å²) >= 11 is 0. The van der Waals surface area contributed by atoms with Gasteiger partial charge in [-0.05, 0) is 54.9 Å². The van der Waals surface area contributed by atoms with Gasteiger partial charge in [0.25, 0.3) is 5.91 Å². The first-order valence-electron chi connectivity index (χ1n) is 8.88. The molecule has 0 atom stereocenters. The van der Waals surface area contributed by atoms with Crippen LogP contribution in [0.4, 0.5) is 0 Å². The van der Waals surface area contributed by atoms with Crippen molar-refractivity contribution < 1.29 is 9.53 Å². The third kappa shape index (κ3) is 5.91. The summed E-state index contributed by atoms with van der Waals surface area (Å²) in [5.74, 6) is 0.820. The van der Waals surface area contributed by atoms with E-state index in [1.165, 1.54) is 11.1 Å². The largest absolute Gasteiger partial charge is 0.497 e. The average Bonchev–Trinajstić information content (AvgIpc) is 2.67. The molecule has 0 radical (unpaired) electrons. The van der Waals surface area contributed by atoms with Crippen LogP contribution in [0.1, 0.15) is 35.3 Å². The molecule has 2 aromatic carbocycles. The number of methoxy groups -OCH3 is 1. The van der Waals surface area contributed by atoms with Gasteiger partial charge in [-0.15, -0.1) is 0 Å². The lowest BCUT2D eigenvalue weighted by Gasteiger charge is -2.18. The summed E-state index contributed by atoms with van der Waals surface area (Å²) in [6, 6.07) is 15.8. The van der Waals surface area contributed by atoms with Crippen LogP contribution in [0.2, 0.25) is 0 Å². The molecule has 1 N–H and O–H groups in total. The number of nitrogens with one attached hydrogen (secondary N) is 1. The van der Waals surface area contributed by atoms with Gasteiger partial charge >= 0.3 is 0 Å². The van der Waals surface area contributed by atoms with E-state index in [2.05, 4.69) is 24.1 Å². The summed E-state index contributed by atoms with van der Waals surface area (Å²) in [7, 11) is 1.66. The highest BCUT2D eigenvalue weighted by Gasteiger charge is 2.06. The standard InChI is InChI=1S/C21H28N2O2/c1-4-23(5-2)16-18-6-10-19(11-7-18)21(24)22-15-14-17-8-12-20(25-3)13-9-17/h6-13H,4-5,14-16H2,1-3H3,(H,22,24). The molecule has 0 unspecified atom stereocenters. The molecule has 134 valence electrons. The molecule has 25 heavy (non-hydrogen) atoms. The van der Waals surface area contributed by atoms with Crippen molar-refractivity contribution in [1.29, 1.82) is 0 Å². The number of hydrogen-bond acceptors (Lipinski definition) is 3. The molecular formula is C21H28N2O2. The predicted molar refractivity (Wildman–Crippen MR) is 102 cm³/mol. The van der Waals surface area contributed by atoms with Gasteiger partial charge in [-0.25, -0.2) is 0 Å². The molecule has 0 saturated carbocycles. The summed E-state index contributed by atoms with van der Waals surface area (Å²) in [6.07, 6.45) is 0.801. The fourth-order valence-corrected chi connectivity index (χ4v) is 2.68. The van der Waals surface area contributed by atoms with Crippen molar-refractivity contribution in [2.75, 3.05) is 26.7 Å². The van der Waals surface area contributed by atoms with E-state index < -0.39 is 0 Å². The van der Waals surface area contributed by atoms with Gasteiger partial charge in [0.05, 0.1) is 7.11 Å². The molecule has 2 rings (SSSR count). The zero-order chi connectivity index (χ0) is 18.1. The number of nitrogens with zero attached hydrogens (tertiary/aromatic N) is 1. The van der Waals surface area contributed by atoms with Crippen molar-refractivity contribution in [3.63, 3.8) is 0 Å². The van der Waals surface area contributed by atoms with Crippen LogP contribution in [0.5, 0.6) is 5.75 Å². The molecule has 4 nitrogen and oxygen atoms in total. The van der Waals surface area contributed by atoms with E-state index in [9.17, 15) is 4.79 Å². The second-order valence-corrected chi connectivity index (χ2v) is 6.01. The Morgan fingerprint density at radius 3 is 2.12 bits per heavy atom. The first-order chi connectivity index (χ1) is 12.2. The van der Waals surface area contributed by atoms with Gasteiger partial charge in [0.2, 0.25) is 0 Å². The van der Waals surface area contributed by atoms with Crippen molar-refractivity contribution >= 4 is 5.91 Å². The number of carbonyl (C=O) groups is 1. The molecular weight excluding hydrogens is 312 g/mol. The minimum Gasteiger partial charge on any atom is -0.497 e. The molecule has 0 aliphatic rings. The highest BCUT2D eigenvalue weighted by Crippen LogP contribution is 2.11. The lowest BCUT2D eigenvalue weighted by molar-refractivity contribution is 0.0954. The molecule has 4 heteroatoms. The molecule has 0 heterocycles.